The van der Waals surface area contributed by atoms with Gasteiger partial charge >= 0.3 is 5.97 Å². The molecule has 0 aliphatic carbocycles. The highest BCUT2D eigenvalue weighted by Crippen LogP contribution is 2.33. The number of ether oxygens (including phenoxy) is 1. The number of rotatable bonds is 5. The first kappa shape index (κ1) is 17.6. The lowest BCUT2D eigenvalue weighted by molar-refractivity contribution is -0.144. The van der Waals surface area contributed by atoms with Crippen molar-refractivity contribution in [2.75, 3.05) is 17.2 Å². The molecule has 7 nitrogen and oxygen atoms in total. The first-order valence-corrected chi connectivity index (χ1v) is 8.22. The molecule has 1 aliphatic heterocycles. The molecule has 0 unspecified atom stereocenters. The van der Waals surface area contributed by atoms with Gasteiger partial charge in [-0.2, -0.15) is 0 Å². The van der Waals surface area contributed by atoms with Crippen LogP contribution in [-0.4, -0.2) is 30.4 Å². The molecule has 0 bridgehead atoms. The maximum Gasteiger partial charge on any atom is 0.323 e. The minimum absolute atomic E-state index is 0.204. The minimum Gasteiger partial charge on any atom is -0.465 e. The zero-order valence-corrected chi connectivity index (χ0v) is 14.3. The van der Waals surface area contributed by atoms with Crippen LogP contribution in [0, 0.1) is 0 Å². The second-order valence-corrected chi connectivity index (χ2v) is 5.95. The Hall–Kier alpha value is -3.19. The standard InChI is InChI=1S/C19H19N3O4/c1-2-26-19(25)15(21)9-11-7-8-14(20)16(10-11)22-17(23)12-5-3-4-6-13(12)18(22)24/h3-8,10,15H,2,9,20-21H2,1H3/t15-/m0/s1. The van der Waals surface area contributed by atoms with Crippen LogP contribution in [0.5, 0.6) is 0 Å². The summed E-state index contributed by atoms with van der Waals surface area (Å²) in [6.07, 6.45) is 0.204. The van der Waals surface area contributed by atoms with Gasteiger partial charge in [-0.3, -0.25) is 14.4 Å². The number of carbonyl (C=O) groups is 3. The molecular weight excluding hydrogens is 334 g/mol. The van der Waals surface area contributed by atoms with Crippen LogP contribution in [0.15, 0.2) is 42.5 Å². The van der Waals surface area contributed by atoms with Crippen molar-refractivity contribution < 1.29 is 19.1 Å². The third kappa shape index (κ3) is 3.04. The molecule has 0 saturated carbocycles. The number of imide groups is 1. The number of fused-ring (bicyclic) bond motifs is 1. The number of amides is 2. The van der Waals surface area contributed by atoms with Gasteiger partial charge in [-0.1, -0.05) is 18.2 Å². The Bertz CT molecular complexity index is 859. The number of nitrogens with two attached hydrogens (primary N) is 2. The molecule has 0 spiro atoms. The van der Waals surface area contributed by atoms with Gasteiger partial charge in [0.1, 0.15) is 6.04 Å². The number of carbonyl (C=O) groups excluding carboxylic acids is 3. The summed E-state index contributed by atoms with van der Waals surface area (Å²) in [5, 5.41) is 0. The molecule has 134 valence electrons. The average Bonchev–Trinajstić information content (AvgIpc) is 2.88. The molecule has 7 heteroatoms. The third-order valence-corrected chi connectivity index (χ3v) is 4.17. The Balaban J connectivity index is 1.91. The lowest BCUT2D eigenvalue weighted by Crippen LogP contribution is -2.34. The van der Waals surface area contributed by atoms with Crippen LogP contribution in [-0.2, 0) is 16.0 Å². The molecule has 3 rings (SSSR count). The van der Waals surface area contributed by atoms with Crippen molar-refractivity contribution in [3.63, 3.8) is 0 Å². The largest absolute Gasteiger partial charge is 0.465 e. The number of hydrogen-bond acceptors (Lipinski definition) is 6. The van der Waals surface area contributed by atoms with Crippen molar-refractivity contribution in [2.24, 2.45) is 5.73 Å². The molecule has 0 saturated heterocycles. The zero-order valence-electron chi connectivity index (χ0n) is 14.3. The van der Waals surface area contributed by atoms with E-state index in [2.05, 4.69) is 0 Å². The fraction of sp³-hybridized carbons (Fsp3) is 0.211. The summed E-state index contributed by atoms with van der Waals surface area (Å²) in [6.45, 7) is 1.95. The van der Waals surface area contributed by atoms with Gasteiger partial charge in [-0.15, -0.1) is 0 Å². The summed E-state index contributed by atoms with van der Waals surface area (Å²) in [5.74, 6) is -1.36. The lowest BCUT2D eigenvalue weighted by Gasteiger charge is -2.18. The van der Waals surface area contributed by atoms with Gasteiger partial charge in [0.15, 0.2) is 0 Å². The molecule has 2 amide bonds. The Labute approximate surface area is 150 Å². The van der Waals surface area contributed by atoms with Gasteiger partial charge in [0.05, 0.1) is 29.1 Å². The Kier molecular flexibility index (Phi) is 4.73. The summed E-state index contributed by atoms with van der Waals surface area (Å²) in [7, 11) is 0. The zero-order chi connectivity index (χ0) is 18.8. The summed E-state index contributed by atoms with van der Waals surface area (Å²) in [4.78, 5) is 38.0. The van der Waals surface area contributed by atoms with E-state index in [0.29, 0.717) is 16.7 Å². The molecular formula is C19H19N3O4. The maximum atomic E-state index is 12.6. The van der Waals surface area contributed by atoms with Gasteiger partial charge in [-0.05, 0) is 43.2 Å². The fourth-order valence-corrected chi connectivity index (χ4v) is 2.90. The Morgan fingerprint density at radius 2 is 1.73 bits per heavy atom. The van der Waals surface area contributed by atoms with Crippen LogP contribution in [0.4, 0.5) is 11.4 Å². The fourth-order valence-electron chi connectivity index (χ4n) is 2.90. The number of anilines is 2. The van der Waals surface area contributed by atoms with Crippen molar-refractivity contribution in [1.29, 1.82) is 0 Å². The van der Waals surface area contributed by atoms with E-state index >= 15 is 0 Å². The molecule has 1 aliphatic rings. The first-order chi connectivity index (χ1) is 12.4. The smallest absolute Gasteiger partial charge is 0.323 e. The van der Waals surface area contributed by atoms with Crippen molar-refractivity contribution in [1.82, 2.24) is 0 Å². The Morgan fingerprint density at radius 1 is 1.12 bits per heavy atom. The van der Waals surface area contributed by atoms with E-state index in [1.54, 1.807) is 49.4 Å². The average molecular weight is 353 g/mol. The normalized spacial score (nSPS) is 14.3. The summed E-state index contributed by atoms with van der Waals surface area (Å²) in [5.41, 5.74) is 13.8. The molecule has 0 fully saturated rings. The van der Waals surface area contributed by atoms with Crippen molar-refractivity contribution in [3.05, 3.63) is 59.2 Å². The number of esters is 1. The van der Waals surface area contributed by atoms with Gasteiger partial charge in [0, 0.05) is 0 Å². The maximum absolute atomic E-state index is 12.6. The molecule has 0 aromatic heterocycles. The monoisotopic (exact) mass is 353 g/mol. The van der Waals surface area contributed by atoms with E-state index in [4.69, 9.17) is 16.2 Å². The highest BCUT2D eigenvalue weighted by atomic mass is 16.5. The second-order valence-electron chi connectivity index (χ2n) is 5.95. The molecule has 2 aromatic carbocycles. The molecule has 1 heterocycles. The predicted octanol–water partition coefficient (Wildman–Crippen LogP) is 1.50. The summed E-state index contributed by atoms with van der Waals surface area (Å²) >= 11 is 0. The van der Waals surface area contributed by atoms with Crippen molar-refractivity contribution in [2.45, 2.75) is 19.4 Å². The lowest BCUT2D eigenvalue weighted by atomic mass is 10.0. The third-order valence-electron chi connectivity index (χ3n) is 4.17. The van der Waals surface area contributed by atoms with E-state index in [1.807, 2.05) is 0 Å². The molecule has 2 aromatic rings. The van der Waals surface area contributed by atoms with E-state index in [0.717, 1.165) is 4.90 Å². The number of hydrogen-bond donors (Lipinski definition) is 2. The summed E-state index contributed by atoms with van der Waals surface area (Å²) in [6, 6.07) is 10.7. The van der Waals surface area contributed by atoms with Gasteiger partial charge in [0.25, 0.3) is 11.8 Å². The van der Waals surface area contributed by atoms with E-state index < -0.39 is 23.8 Å². The first-order valence-electron chi connectivity index (χ1n) is 8.22. The predicted molar refractivity (Wildman–Crippen MR) is 96.7 cm³/mol. The van der Waals surface area contributed by atoms with Gasteiger partial charge in [-0.25, -0.2) is 4.90 Å². The Morgan fingerprint density at radius 3 is 2.31 bits per heavy atom. The van der Waals surface area contributed by atoms with Crippen LogP contribution in [0.2, 0.25) is 0 Å². The van der Waals surface area contributed by atoms with Crippen LogP contribution in [0.3, 0.4) is 0 Å². The van der Waals surface area contributed by atoms with E-state index in [-0.39, 0.29) is 24.4 Å². The number of nitrogens with zero attached hydrogens (tertiary/aromatic N) is 1. The summed E-state index contributed by atoms with van der Waals surface area (Å²) < 4.78 is 4.90. The highest BCUT2D eigenvalue weighted by molar-refractivity contribution is 6.35. The van der Waals surface area contributed by atoms with Gasteiger partial charge < -0.3 is 16.2 Å². The molecule has 0 radical (unpaired) electrons. The molecule has 26 heavy (non-hydrogen) atoms. The highest BCUT2D eigenvalue weighted by Gasteiger charge is 2.37. The molecule has 4 N–H and O–H groups in total. The second kappa shape index (κ2) is 6.97. The van der Waals surface area contributed by atoms with Crippen LogP contribution in [0.25, 0.3) is 0 Å². The minimum atomic E-state index is -0.839. The van der Waals surface area contributed by atoms with Gasteiger partial charge in [0.2, 0.25) is 0 Å². The van der Waals surface area contributed by atoms with E-state index in [1.165, 1.54) is 0 Å². The van der Waals surface area contributed by atoms with Crippen LogP contribution in [0.1, 0.15) is 33.2 Å². The van der Waals surface area contributed by atoms with E-state index in [9.17, 15) is 14.4 Å². The van der Waals surface area contributed by atoms with Crippen molar-refractivity contribution >= 4 is 29.2 Å². The number of benzene rings is 2. The molecule has 1 atom stereocenters. The quantitative estimate of drug-likeness (QED) is 0.478. The SMILES string of the molecule is CCOC(=O)[C@@H](N)Cc1ccc(N)c(N2C(=O)c3ccccc3C2=O)c1. The van der Waals surface area contributed by atoms with Crippen LogP contribution >= 0.6 is 0 Å². The number of nitrogen functional groups attached to an aromatic ring is 1. The van der Waals surface area contributed by atoms with Crippen LogP contribution < -0.4 is 16.4 Å². The topological polar surface area (TPSA) is 116 Å². The van der Waals surface area contributed by atoms with Crippen molar-refractivity contribution in [3.8, 4) is 0 Å².